The number of carbonyl (C=O) groups is 1. The number of hydrogen-bond donors (Lipinski definition) is 0. The fourth-order valence-corrected chi connectivity index (χ4v) is 3.37. The molecule has 3 heteroatoms. The van der Waals surface area contributed by atoms with Crippen molar-refractivity contribution in [1.29, 1.82) is 0 Å². The summed E-state index contributed by atoms with van der Waals surface area (Å²) in [6, 6.07) is 11.1. The Hall–Kier alpha value is -0.860. The number of benzene rings is 1. The highest BCUT2D eigenvalue weighted by Crippen LogP contribution is 2.35. The van der Waals surface area contributed by atoms with Crippen LogP contribution in [0.5, 0.6) is 0 Å². The van der Waals surface area contributed by atoms with Crippen LogP contribution in [0.25, 0.3) is 0 Å². The van der Waals surface area contributed by atoms with Crippen molar-refractivity contribution in [1.82, 2.24) is 4.90 Å². The number of halogens is 1. The number of rotatable bonds is 2. The quantitative estimate of drug-likeness (QED) is 0.819. The Morgan fingerprint density at radius 1 is 1.17 bits per heavy atom. The smallest absolute Gasteiger partial charge is 0.138 e. The summed E-state index contributed by atoms with van der Waals surface area (Å²) >= 11 is 0. The lowest BCUT2D eigenvalue weighted by atomic mass is 9.90. The molecule has 2 nitrogen and oxygen atoms in total. The van der Waals surface area contributed by atoms with Gasteiger partial charge in [-0.3, -0.25) is 9.69 Å². The number of ketones is 1. The minimum atomic E-state index is 0. The van der Waals surface area contributed by atoms with E-state index in [-0.39, 0.29) is 12.4 Å². The second kappa shape index (κ2) is 5.85. The molecule has 1 saturated heterocycles. The molecule has 0 N–H and O–H groups in total. The Balaban J connectivity index is 0.00000120. The summed E-state index contributed by atoms with van der Waals surface area (Å²) in [5.74, 6) is 0.851. The fourth-order valence-electron chi connectivity index (χ4n) is 3.37. The van der Waals surface area contributed by atoms with Gasteiger partial charge in [0.1, 0.15) is 5.78 Å². The van der Waals surface area contributed by atoms with E-state index in [0.29, 0.717) is 17.7 Å². The highest BCUT2D eigenvalue weighted by Gasteiger charge is 2.39. The van der Waals surface area contributed by atoms with Crippen molar-refractivity contribution in [2.45, 2.75) is 38.3 Å². The highest BCUT2D eigenvalue weighted by atomic mass is 35.5. The van der Waals surface area contributed by atoms with Gasteiger partial charge < -0.3 is 0 Å². The molecular weight excluding hydrogens is 246 g/mol. The SMILES string of the molecule is Cl.O=C1CCN(Cc2ccccc2)C2CCCC12. The number of carbonyl (C=O) groups excluding carboxylic acids is 1. The first-order valence-corrected chi connectivity index (χ1v) is 6.65. The molecule has 1 aromatic rings. The van der Waals surface area contributed by atoms with E-state index in [0.717, 1.165) is 25.9 Å². The van der Waals surface area contributed by atoms with Gasteiger partial charge in [-0.15, -0.1) is 12.4 Å². The third-order valence-electron chi connectivity index (χ3n) is 4.24. The summed E-state index contributed by atoms with van der Waals surface area (Å²) in [7, 11) is 0. The van der Waals surface area contributed by atoms with Crippen LogP contribution in [0, 0.1) is 5.92 Å². The third kappa shape index (κ3) is 2.60. The lowest BCUT2D eigenvalue weighted by Crippen LogP contribution is -2.46. The van der Waals surface area contributed by atoms with Gasteiger partial charge in [-0.2, -0.15) is 0 Å². The van der Waals surface area contributed by atoms with E-state index in [1.807, 2.05) is 0 Å². The van der Waals surface area contributed by atoms with Gasteiger partial charge in [0.2, 0.25) is 0 Å². The molecule has 0 bridgehead atoms. The Morgan fingerprint density at radius 3 is 2.72 bits per heavy atom. The Kier molecular flexibility index (Phi) is 4.41. The summed E-state index contributed by atoms with van der Waals surface area (Å²) in [6.45, 7) is 1.96. The van der Waals surface area contributed by atoms with Gasteiger partial charge in [-0.25, -0.2) is 0 Å². The van der Waals surface area contributed by atoms with Gasteiger partial charge in [-0.05, 0) is 18.4 Å². The average molecular weight is 266 g/mol. The molecule has 2 unspecified atom stereocenters. The molecule has 0 radical (unpaired) electrons. The Bertz CT molecular complexity index is 406. The van der Waals surface area contributed by atoms with Crippen LogP contribution in [0.1, 0.15) is 31.2 Å². The molecule has 18 heavy (non-hydrogen) atoms. The van der Waals surface area contributed by atoms with Crippen LogP contribution in [-0.2, 0) is 11.3 Å². The number of nitrogens with zero attached hydrogens (tertiary/aromatic N) is 1. The monoisotopic (exact) mass is 265 g/mol. The van der Waals surface area contributed by atoms with E-state index < -0.39 is 0 Å². The van der Waals surface area contributed by atoms with E-state index in [4.69, 9.17) is 0 Å². The summed E-state index contributed by atoms with van der Waals surface area (Å²) < 4.78 is 0. The summed E-state index contributed by atoms with van der Waals surface area (Å²) in [5.41, 5.74) is 1.37. The third-order valence-corrected chi connectivity index (χ3v) is 4.24. The van der Waals surface area contributed by atoms with Gasteiger partial charge in [-0.1, -0.05) is 36.8 Å². The summed E-state index contributed by atoms with van der Waals surface area (Å²) in [5, 5.41) is 0. The molecule has 1 heterocycles. The van der Waals surface area contributed by atoms with Crippen LogP contribution in [-0.4, -0.2) is 23.3 Å². The fraction of sp³-hybridized carbons (Fsp3) is 0.533. The van der Waals surface area contributed by atoms with Crippen molar-refractivity contribution < 1.29 is 4.79 Å². The van der Waals surface area contributed by atoms with Crippen LogP contribution in [0.2, 0.25) is 0 Å². The molecule has 1 aromatic carbocycles. The molecule has 2 atom stereocenters. The topological polar surface area (TPSA) is 20.3 Å². The van der Waals surface area contributed by atoms with Gasteiger partial charge in [0.25, 0.3) is 0 Å². The second-order valence-electron chi connectivity index (χ2n) is 5.28. The van der Waals surface area contributed by atoms with Crippen molar-refractivity contribution in [3.8, 4) is 0 Å². The minimum absolute atomic E-state index is 0. The largest absolute Gasteiger partial charge is 0.299 e. The molecule has 2 aliphatic rings. The first kappa shape index (κ1) is 13.6. The van der Waals surface area contributed by atoms with Gasteiger partial charge >= 0.3 is 0 Å². The molecule has 0 aromatic heterocycles. The van der Waals surface area contributed by atoms with Gasteiger partial charge in [0, 0.05) is 31.5 Å². The molecular formula is C15H20ClNO. The summed E-state index contributed by atoms with van der Waals surface area (Å²) in [6.07, 6.45) is 4.32. The lowest BCUT2D eigenvalue weighted by molar-refractivity contribution is -0.128. The van der Waals surface area contributed by atoms with Crippen molar-refractivity contribution in [2.75, 3.05) is 6.54 Å². The highest BCUT2D eigenvalue weighted by molar-refractivity contribution is 5.85. The first-order valence-electron chi connectivity index (χ1n) is 6.65. The van der Waals surface area contributed by atoms with Crippen molar-refractivity contribution in [3.63, 3.8) is 0 Å². The van der Waals surface area contributed by atoms with Crippen LogP contribution < -0.4 is 0 Å². The maximum Gasteiger partial charge on any atom is 0.138 e. The van der Waals surface area contributed by atoms with Crippen molar-refractivity contribution in [3.05, 3.63) is 35.9 Å². The van der Waals surface area contributed by atoms with E-state index in [1.54, 1.807) is 0 Å². The lowest BCUT2D eigenvalue weighted by Gasteiger charge is -2.36. The zero-order valence-electron chi connectivity index (χ0n) is 10.5. The van der Waals surface area contributed by atoms with E-state index in [1.165, 1.54) is 18.4 Å². The second-order valence-corrected chi connectivity index (χ2v) is 5.28. The normalized spacial score (nSPS) is 27.7. The zero-order chi connectivity index (χ0) is 11.7. The minimum Gasteiger partial charge on any atom is -0.299 e. The van der Waals surface area contributed by atoms with Crippen LogP contribution in [0.4, 0.5) is 0 Å². The molecule has 0 spiro atoms. The average Bonchev–Trinajstić information content (AvgIpc) is 2.84. The molecule has 3 rings (SSSR count). The first-order chi connectivity index (χ1) is 8.34. The van der Waals surface area contributed by atoms with Crippen molar-refractivity contribution in [2.24, 2.45) is 5.92 Å². The molecule has 1 aliphatic carbocycles. The van der Waals surface area contributed by atoms with Gasteiger partial charge in [0.15, 0.2) is 0 Å². The number of piperidine rings is 1. The molecule has 2 fully saturated rings. The van der Waals surface area contributed by atoms with Gasteiger partial charge in [0.05, 0.1) is 0 Å². The molecule has 98 valence electrons. The molecule has 1 aliphatic heterocycles. The standard InChI is InChI=1S/C15H19NO.ClH/c17-15-9-10-16(14-8-4-7-13(14)15)11-12-5-2-1-3-6-12;/h1-3,5-6,13-14H,4,7-11H2;1H. The Labute approximate surface area is 115 Å². The van der Waals surface area contributed by atoms with E-state index >= 15 is 0 Å². The number of fused-ring (bicyclic) bond motifs is 1. The predicted molar refractivity (Wildman–Crippen MR) is 74.9 cm³/mol. The maximum absolute atomic E-state index is 11.8. The molecule has 0 amide bonds. The number of hydrogen-bond acceptors (Lipinski definition) is 2. The van der Waals surface area contributed by atoms with Crippen molar-refractivity contribution >= 4 is 18.2 Å². The maximum atomic E-state index is 11.8. The van der Waals surface area contributed by atoms with Crippen LogP contribution in [0.15, 0.2) is 30.3 Å². The van der Waals surface area contributed by atoms with Crippen LogP contribution in [0.3, 0.4) is 0 Å². The zero-order valence-corrected chi connectivity index (χ0v) is 11.4. The number of likely N-dealkylation sites (tertiary alicyclic amines) is 1. The Morgan fingerprint density at radius 2 is 1.94 bits per heavy atom. The molecule has 1 saturated carbocycles. The summed E-state index contributed by atoms with van der Waals surface area (Å²) in [4.78, 5) is 14.4. The predicted octanol–water partition coefficient (Wildman–Crippen LogP) is 3.05. The van der Waals surface area contributed by atoms with E-state index in [2.05, 4.69) is 35.2 Å². The van der Waals surface area contributed by atoms with Crippen LogP contribution >= 0.6 is 12.4 Å². The van der Waals surface area contributed by atoms with E-state index in [9.17, 15) is 4.79 Å². The number of Topliss-reactive ketones (excluding diaryl/α,β-unsaturated/α-hetero) is 1.